The highest BCUT2D eigenvalue weighted by Crippen LogP contribution is 2.39. The van der Waals surface area contributed by atoms with Gasteiger partial charge in [0.15, 0.2) is 0 Å². The highest BCUT2D eigenvalue weighted by Gasteiger charge is 2.18. The second-order valence-corrected chi connectivity index (χ2v) is 8.48. The van der Waals surface area contributed by atoms with Crippen LogP contribution in [0.1, 0.15) is 76.0 Å². The predicted octanol–water partition coefficient (Wildman–Crippen LogP) is 8.39. The molecule has 0 fully saturated rings. The third kappa shape index (κ3) is 4.16. The van der Waals surface area contributed by atoms with Gasteiger partial charge in [-0.05, 0) is 56.7 Å². The van der Waals surface area contributed by atoms with Crippen molar-refractivity contribution in [3.63, 3.8) is 0 Å². The molecule has 0 atom stereocenters. The van der Waals surface area contributed by atoms with E-state index in [1.54, 1.807) is 0 Å². The first-order valence-electron chi connectivity index (χ1n) is 10.2. The van der Waals surface area contributed by atoms with Gasteiger partial charge in [-0.15, -0.1) is 0 Å². The van der Waals surface area contributed by atoms with E-state index in [1.165, 1.54) is 38.9 Å². The monoisotopic (exact) mass is 356 g/mol. The van der Waals surface area contributed by atoms with E-state index in [0.29, 0.717) is 17.8 Å². The van der Waals surface area contributed by atoms with Crippen LogP contribution in [0.25, 0.3) is 22.3 Å². The zero-order valence-corrected chi connectivity index (χ0v) is 17.6. The minimum Gasteiger partial charge on any atom is -0.0622 e. The fourth-order valence-corrected chi connectivity index (χ4v) is 3.75. The third-order valence-corrected chi connectivity index (χ3v) is 5.41. The zero-order chi connectivity index (χ0) is 19.6. The second-order valence-electron chi connectivity index (χ2n) is 8.48. The summed E-state index contributed by atoms with van der Waals surface area (Å²) in [5.41, 5.74) is 9.70. The summed E-state index contributed by atoms with van der Waals surface area (Å²) in [7, 11) is 0. The molecule has 0 saturated carbocycles. The first kappa shape index (κ1) is 19.4. The van der Waals surface area contributed by atoms with Crippen LogP contribution in [-0.4, -0.2) is 0 Å². The van der Waals surface area contributed by atoms with Crippen molar-refractivity contribution in [1.82, 2.24) is 0 Å². The predicted molar refractivity (Wildman–Crippen MR) is 120 cm³/mol. The largest absolute Gasteiger partial charge is 0.0622 e. The van der Waals surface area contributed by atoms with Crippen LogP contribution < -0.4 is 0 Å². The first-order valence-corrected chi connectivity index (χ1v) is 10.2. The topological polar surface area (TPSA) is 0 Å². The normalized spacial score (nSPS) is 11.6. The van der Waals surface area contributed by atoms with Gasteiger partial charge in [0.1, 0.15) is 0 Å². The summed E-state index contributed by atoms with van der Waals surface area (Å²) in [6.45, 7) is 13.8. The SMILES string of the molecule is CC(C)c1cc(C(C)C)c(-c2ccc(-c3ccccc3)cc2)c(C(C)C)c1. The Morgan fingerprint density at radius 3 is 1.37 bits per heavy atom. The molecule has 0 heteroatoms. The van der Waals surface area contributed by atoms with Crippen molar-refractivity contribution in [2.45, 2.75) is 59.3 Å². The van der Waals surface area contributed by atoms with Crippen molar-refractivity contribution in [3.05, 3.63) is 83.4 Å². The van der Waals surface area contributed by atoms with Crippen molar-refractivity contribution >= 4 is 0 Å². The van der Waals surface area contributed by atoms with Gasteiger partial charge in [0.25, 0.3) is 0 Å². The lowest BCUT2D eigenvalue weighted by atomic mass is 9.81. The Bertz CT molecular complexity index is 852. The van der Waals surface area contributed by atoms with Crippen LogP contribution in [0.3, 0.4) is 0 Å². The van der Waals surface area contributed by atoms with Crippen LogP contribution >= 0.6 is 0 Å². The molecule has 0 saturated heterocycles. The second kappa shape index (κ2) is 8.13. The molecular formula is C27H32. The van der Waals surface area contributed by atoms with Crippen molar-refractivity contribution < 1.29 is 0 Å². The Balaban J connectivity index is 2.15. The molecule has 0 spiro atoms. The minimum atomic E-state index is 0.505. The van der Waals surface area contributed by atoms with Gasteiger partial charge in [-0.3, -0.25) is 0 Å². The van der Waals surface area contributed by atoms with Gasteiger partial charge in [-0.2, -0.15) is 0 Å². The minimum absolute atomic E-state index is 0.505. The van der Waals surface area contributed by atoms with E-state index in [2.05, 4.69) is 108 Å². The maximum absolute atomic E-state index is 2.43. The Kier molecular flexibility index (Phi) is 5.85. The summed E-state index contributed by atoms with van der Waals surface area (Å²) < 4.78 is 0. The Morgan fingerprint density at radius 1 is 0.481 bits per heavy atom. The van der Waals surface area contributed by atoms with Gasteiger partial charge in [0, 0.05) is 0 Å². The van der Waals surface area contributed by atoms with Crippen molar-refractivity contribution in [3.8, 4) is 22.3 Å². The molecule has 0 bridgehead atoms. The van der Waals surface area contributed by atoms with E-state index < -0.39 is 0 Å². The van der Waals surface area contributed by atoms with E-state index >= 15 is 0 Å². The summed E-state index contributed by atoms with van der Waals surface area (Å²) in [5, 5.41) is 0. The third-order valence-electron chi connectivity index (χ3n) is 5.41. The lowest BCUT2D eigenvalue weighted by molar-refractivity contribution is 0.807. The average Bonchev–Trinajstić information content (AvgIpc) is 2.67. The van der Waals surface area contributed by atoms with E-state index in [0.717, 1.165) is 0 Å². The number of hydrogen-bond donors (Lipinski definition) is 0. The highest BCUT2D eigenvalue weighted by atomic mass is 14.2. The van der Waals surface area contributed by atoms with Gasteiger partial charge in [-0.25, -0.2) is 0 Å². The smallest absolute Gasteiger partial charge is 0.0114 e. The fourth-order valence-electron chi connectivity index (χ4n) is 3.75. The Labute approximate surface area is 165 Å². The molecule has 0 heterocycles. The molecule has 0 amide bonds. The van der Waals surface area contributed by atoms with Crippen molar-refractivity contribution in [2.75, 3.05) is 0 Å². The molecule has 0 aliphatic carbocycles. The summed E-state index contributed by atoms with van der Waals surface area (Å²) in [6.07, 6.45) is 0. The molecule has 3 aromatic rings. The highest BCUT2D eigenvalue weighted by molar-refractivity contribution is 5.76. The molecule has 0 N–H and O–H groups in total. The summed E-state index contributed by atoms with van der Waals surface area (Å²) in [6, 6.07) is 24.6. The van der Waals surface area contributed by atoms with Gasteiger partial charge in [0.05, 0.1) is 0 Å². The molecule has 0 unspecified atom stereocenters. The molecule has 140 valence electrons. The van der Waals surface area contributed by atoms with Gasteiger partial charge in [0.2, 0.25) is 0 Å². The quantitative estimate of drug-likeness (QED) is 0.430. The summed E-state index contributed by atoms with van der Waals surface area (Å²) in [4.78, 5) is 0. The van der Waals surface area contributed by atoms with Gasteiger partial charge < -0.3 is 0 Å². The van der Waals surface area contributed by atoms with Crippen LogP contribution in [0.2, 0.25) is 0 Å². The Morgan fingerprint density at radius 2 is 0.926 bits per heavy atom. The maximum Gasteiger partial charge on any atom is -0.0114 e. The van der Waals surface area contributed by atoms with E-state index in [4.69, 9.17) is 0 Å². The molecule has 0 nitrogen and oxygen atoms in total. The van der Waals surface area contributed by atoms with E-state index in [-0.39, 0.29) is 0 Å². The number of hydrogen-bond acceptors (Lipinski definition) is 0. The molecule has 0 aromatic heterocycles. The van der Waals surface area contributed by atoms with Crippen LogP contribution in [-0.2, 0) is 0 Å². The molecule has 3 aromatic carbocycles. The van der Waals surface area contributed by atoms with Crippen LogP contribution in [0.4, 0.5) is 0 Å². The standard InChI is InChI=1S/C27H32/c1-18(2)24-16-25(19(3)4)27(26(17-24)20(5)6)23-14-12-22(13-15-23)21-10-8-7-9-11-21/h7-20H,1-6H3. The van der Waals surface area contributed by atoms with Gasteiger partial charge >= 0.3 is 0 Å². The van der Waals surface area contributed by atoms with Crippen LogP contribution in [0.15, 0.2) is 66.7 Å². The van der Waals surface area contributed by atoms with Gasteiger partial charge in [-0.1, -0.05) is 108 Å². The molecule has 27 heavy (non-hydrogen) atoms. The van der Waals surface area contributed by atoms with E-state index in [9.17, 15) is 0 Å². The average molecular weight is 357 g/mol. The summed E-state index contributed by atoms with van der Waals surface area (Å²) >= 11 is 0. The molecular weight excluding hydrogens is 324 g/mol. The summed E-state index contributed by atoms with van der Waals surface area (Å²) in [5.74, 6) is 1.56. The van der Waals surface area contributed by atoms with Crippen molar-refractivity contribution in [2.24, 2.45) is 0 Å². The van der Waals surface area contributed by atoms with Crippen LogP contribution in [0, 0.1) is 0 Å². The lowest BCUT2D eigenvalue weighted by Gasteiger charge is -2.23. The van der Waals surface area contributed by atoms with Crippen LogP contribution in [0.5, 0.6) is 0 Å². The molecule has 3 rings (SSSR count). The zero-order valence-electron chi connectivity index (χ0n) is 17.6. The lowest BCUT2D eigenvalue weighted by Crippen LogP contribution is -2.03. The molecule has 0 radical (unpaired) electrons. The molecule has 0 aliphatic rings. The Hall–Kier alpha value is -2.34. The molecule has 0 aliphatic heterocycles. The van der Waals surface area contributed by atoms with Crippen molar-refractivity contribution in [1.29, 1.82) is 0 Å². The fraction of sp³-hybridized carbons (Fsp3) is 0.333. The number of benzene rings is 3. The first-order chi connectivity index (χ1) is 12.9. The van der Waals surface area contributed by atoms with E-state index in [1.807, 2.05) is 0 Å². The maximum atomic E-state index is 2.43. The number of rotatable bonds is 5.